The van der Waals surface area contributed by atoms with Crippen LogP contribution in [0.4, 0.5) is 5.69 Å². The number of carbonyl (C=O) groups excluding carboxylic acids is 2. The van der Waals surface area contributed by atoms with Gasteiger partial charge >= 0.3 is 0 Å². The van der Waals surface area contributed by atoms with Crippen molar-refractivity contribution >= 4 is 28.8 Å². The van der Waals surface area contributed by atoms with Gasteiger partial charge in [-0.2, -0.15) is 0 Å². The Morgan fingerprint density at radius 3 is 2.52 bits per heavy atom. The Morgan fingerprint density at radius 1 is 1.14 bits per heavy atom. The first kappa shape index (κ1) is 20.3. The number of thiazole rings is 1. The van der Waals surface area contributed by atoms with Crippen LogP contribution >= 0.6 is 11.3 Å². The van der Waals surface area contributed by atoms with Crippen LogP contribution in [0.2, 0.25) is 0 Å². The molecule has 0 fully saturated rings. The number of carbonyl (C=O) groups is 2. The third-order valence-electron chi connectivity index (χ3n) is 4.05. The van der Waals surface area contributed by atoms with Gasteiger partial charge in [-0.15, -0.1) is 11.3 Å². The van der Waals surface area contributed by atoms with E-state index in [9.17, 15) is 9.59 Å². The van der Waals surface area contributed by atoms with Crippen LogP contribution in [-0.2, 0) is 16.0 Å². The molecule has 3 N–H and O–H groups in total. The summed E-state index contributed by atoms with van der Waals surface area (Å²) in [5.74, 6) is -0.00450. The zero-order valence-corrected chi connectivity index (χ0v) is 16.9. The van der Waals surface area contributed by atoms with E-state index in [1.54, 1.807) is 29.5 Å². The summed E-state index contributed by atoms with van der Waals surface area (Å²) in [5.41, 5.74) is 8.48. The maximum absolute atomic E-state index is 12.4. The topological polar surface area (TPSA) is 104 Å². The van der Waals surface area contributed by atoms with E-state index in [2.05, 4.69) is 10.3 Å². The van der Waals surface area contributed by atoms with E-state index in [0.29, 0.717) is 17.2 Å². The monoisotopic (exact) mass is 411 g/mol. The van der Waals surface area contributed by atoms with Crippen LogP contribution in [0.25, 0.3) is 11.3 Å². The van der Waals surface area contributed by atoms with Crippen molar-refractivity contribution in [3.8, 4) is 22.8 Å². The van der Waals surface area contributed by atoms with Gasteiger partial charge in [0, 0.05) is 22.7 Å². The Morgan fingerprint density at radius 2 is 1.90 bits per heavy atom. The Hall–Kier alpha value is -3.39. The van der Waals surface area contributed by atoms with Crippen LogP contribution in [0.3, 0.4) is 0 Å². The Balaban J connectivity index is 1.64. The first-order chi connectivity index (χ1) is 13.9. The van der Waals surface area contributed by atoms with Crippen LogP contribution < -0.4 is 20.5 Å². The molecule has 3 rings (SSSR count). The van der Waals surface area contributed by atoms with E-state index in [0.717, 1.165) is 21.8 Å². The third kappa shape index (κ3) is 5.55. The number of methoxy groups -OCH3 is 1. The highest BCUT2D eigenvalue weighted by atomic mass is 32.1. The summed E-state index contributed by atoms with van der Waals surface area (Å²) in [5, 5.41) is 5.85. The molecule has 2 aromatic carbocycles. The van der Waals surface area contributed by atoms with Crippen molar-refractivity contribution in [1.29, 1.82) is 0 Å². The number of rotatable bonds is 8. The summed E-state index contributed by atoms with van der Waals surface area (Å²) in [7, 11) is 1.49. The molecule has 0 atom stereocenters. The summed E-state index contributed by atoms with van der Waals surface area (Å²) in [6.45, 7) is 1.69. The molecule has 0 saturated heterocycles. The van der Waals surface area contributed by atoms with Crippen LogP contribution in [0.15, 0.2) is 47.8 Å². The smallest absolute Gasteiger partial charge is 0.255 e. The van der Waals surface area contributed by atoms with E-state index in [1.165, 1.54) is 7.11 Å². The second-order valence-electron chi connectivity index (χ2n) is 6.29. The van der Waals surface area contributed by atoms with Crippen LogP contribution in [0, 0.1) is 6.92 Å². The quantitative estimate of drug-likeness (QED) is 0.593. The molecule has 0 bridgehead atoms. The number of hydrogen-bond acceptors (Lipinski definition) is 6. The summed E-state index contributed by atoms with van der Waals surface area (Å²) in [4.78, 5) is 27.8. The maximum atomic E-state index is 12.4. The average molecular weight is 411 g/mol. The molecule has 0 aliphatic rings. The molecule has 0 aliphatic carbocycles. The molecule has 8 heteroatoms. The van der Waals surface area contributed by atoms with Crippen LogP contribution in [0.5, 0.6) is 11.5 Å². The molecule has 1 aromatic heterocycles. The second-order valence-corrected chi connectivity index (χ2v) is 7.36. The molecule has 3 aromatic rings. The van der Waals surface area contributed by atoms with Gasteiger partial charge in [-0.25, -0.2) is 4.98 Å². The lowest BCUT2D eigenvalue weighted by molar-refractivity contribution is -0.120. The van der Waals surface area contributed by atoms with Crippen molar-refractivity contribution in [2.45, 2.75) is 13.3 Å². The van der Waals surface area contributed by atoms with Gasteiger partial charge in [-0.3, -0.25) is 9.59 Å². The molecule has 0 aliphatic heterocycles. The highest BCUT2D eigenvalue weighted by Crippen LogP contribution is 2.30. The maximum Gasteiger partial charge on any atom is 0.255 e. The molecule has 1 heterocycles. The van der Waals surface area contributed by atoms with Gasteiger partial charge in [0.25, 0.3) is 5.91 Å². The predicted molar refractivity (Wildman–Crippen MR) is 112 cm³/mol. The van der Waals surface area contributed by atoms with Crippen molar-refractivity contribution in [3.63, 3.8) is 0 Å². The fraction of sp³-hybridized carbons (Fsp3) is 0.190. The van der Waals surface area contributed by atoms with E-state index in [4.69, 9.17) is 15.2 Å². The van der Waals surface area contributed by atoms with Crippen molar-refractivity contribution < 1.29 is 19.1 Å². The minimum absolute atomic E-state index is 0.173. The predicted octanol–water partition coefficient (Wildman–Crippen LogP) is 3.17. The largest absolute Gasteiger partial charge is 0.493 e. The number of amides is 2. The fourth-order valence-electron chi connectivity index (χ4n) is 2.70. The standard InChI is InChI=1S/C21H21N3O4S/c1-13-23-17(12-29-13)15-5-3-14(4-6-15)9-21(26)24-16-7-8-18(27-2)19(10-16)28-11-20(22)25/h3-8,10,12H,9,11H2,1-2H3,(H2,22,25)(H,24,26). The molecular formula is C21H21N3O4S. The fourth-order valence-corrected chi connectivity index (χ4v) is 3.32. The number of primary amides is 1. The first-order valence-corrected chi connectivity index (χ1v) is 9.73. The molecule has 7 nitrogen and oxygen atoms in total. The lowest BCUT2D eigenvalue weighted by atomic mass is 10.1. The normalized spacial score (nSPS) is 10.4. The Kier molecular flexibility index (Phi) is 6.46. The minimum Gasteiger partial charge on any atom is -0.493 e. The van der Waals surface area contributed by atoms with Crippen LogP contribution in [0.1, 0.15) is 10.6 Å². The highest BCUT2D eigenvalue weighted by Gasteiger charge is 2.10. The van der Waals surface area contributed by atoms with Crippen molar-refractivity contribution in [3.05, 3.63) is 58.4 Å². The van der Waals surface area contributed by atoms with Gasteiger partial charge in [-0.1, -0.05) is 24.3 Å². The molecule has 0 spiro atoms. The van der Waals surface area contributed by atoms with Crippen molar-refractivity contribution in [2.75, 3.05) is 19.0 Å². The number of nitrogens with one attached hydrogen (secondary N) is 1. The third-order valence-corrected chi connectivity index (χ3v) is 4.82. The molecule has 0 saturated carbocycles. The Bertz CT molecular complexity index is 1020. The van der Waals surface area contributed by atoms with E-state index in [-0.39, 0.29) is 18.9 Å². The molecular weight excluding hydrogens is 390 g/mol. The van der Waals surface area contributed by atoms with Crippen molar-refractivity contribution in [2.24, 2.45) is 5.73 Å². The van der Waals surface area contributed by atoms with E-state index in [1.807, 2.05) is 36.6 Å². The minimum atomic E-state index is -0.599. The number of nitrogens with two attached hydrogens (primary N) is 1. The van der Waals surface area contributed by atoms with E-state index >= 15 is 0 Å². The number of nitrogens with zero attached hydrogens (tertiary/aromatic N) is 1. The molecule has 0 radical (unpaired) electrons. The number of ether oxygens (including phenoxy) is 2. The second kappa shape index (κ2) is 9.20. The number of aryl methyl sites for hydroxylation is 1. The number of hydrogen-bond donors (Lipinski definition) is 2. The van der Waals surface area contributed by atoms with Gasteiger partial charge in [0.1, 0.15) is 0 Å². The highest BCUT2D eigenvalue weighted by molar-refractivity contribution is 7.09. The summed E-state index contributed by atoms with van der Waals surface area (Å²) < 4.78 is 10.5. The SMILES string of the molecule is COc1ccc(NC(=O)Cc2ccc(-c3csc(C)n3)cc2)cc1OCC(N)=O. The van der Waals surface area contributed by atoms with Crippen LogP contribution in [-0.4, -0.2) is 30.5 Å². The Labute approximate surface area is 172 Å². The zero-order chi connectivity index (χ0) is 20.8. The van der Waals surface area contributed by atoms with Crippen molar-refractivity contribution in [1.82, 2.24) is 4.98 Å². The molecule has 29 heavy (non-hydrogen) atoms. The van der Waals surface area contributed by atoms with E-state index < -0.39 is 5.91 Å². The summed E-state index contributed by atoms with van der Waals surface area (Å²) >= 11 is 1.60. The lowest BCUT2D eigenvalue weighted by Crippen LogP contribution is -2.20. The molecule has 2 amide bonds. The average Bonchev–Trinajstić information content (AvgIpc) is 3.13. The zero-order valence-electron chi connectivity index (χ0n) is 16.1. The summed E-state index contributed by atoms with van der Waals surface area (Å²) in [6.07, 6.45) is 0.222. The van der Waals surface area contributed by atoms with Gasteiger partial charge in [0.2, 0.25) is 5.91 Å². The van der Waals surface area contributed by atoms with Gasteiger partial charge < -0.3 is 20.5 Å². The molecule has 150 valence electrons. The van der Waals surface area contributed by atoms with Gasteiger partial charge in [0.05, 0.1) is 24.2 Å². The summed E-state index contributed by atoms with van der Waals surface area (Å²) in [6, 6.07) is 12.7. The number of aromatic nitrogens is 1. The number of benzene rings is 2. The first-order valence-electron chi connectivity index (χ1n) is 8.85. The molecule has 0 unspecified atom stereocenters. The van der Waals surface area contributed by atoms with Gasteiger partial charge in [0.15, 0.2) is 18.1 Å². The van der Waals surface area contributed by atoms with Gasteiger partial charge in [-0.05, 0) is 24.6 Å². The number of anilines is 1. The lowest BCUT2D eigenvalue weighted by Gasteiger charge is -2.12.